The topological polar surface area (TPSA) is 0 Å². The summed E-state index contributed by atoms with van der Waals surface area (Å²) in [5.74, 6) is 0. The molecule has 0 heterocycles. The maximum Gasteiger partial charge on any atom is 0.0212 e. The summed E-state index contributed by atoms with van der Waals surface area (Å²) in [7, 11) is 0. The molecule has 0 nitrogen and oxygen atoms in total. The summed E-state index contributed by atoms with van der Waals surface area (Å²) in [5, 5.41) is 0.970. The minimum absolute atomic E-state index is 0.970. The minimum Gasteiger partial charge on any atom is -0.0883 e. The fourth-order valence-electron chi connectivity index (χ4n) is 1.08. The lowest BCUT2D eigenvalue weighted by atomic mass is 10.2. The van der Waals surface area contributed by atoms with E-state index in [4.69, 9.17) is 0 Å². The van der Waals surface area contributed by atoms with E-state index in [0.29, 0.717) is 0 Å². The fraction of sp³-hybridized carbons (Fsp3) is 0.538. The highest BCUT2D eigenvalue weighted by Gasteiger charge is 1.79. The standard InChI is InChI=1S/C13H21Br/c1-13(2)11-9-7-5-3-4-6-8-10-12-14/h3,5,8,10-11H,4,6-7,9,12H2,1-2H3/b5-3+,10-8+. The predicted molar refractivity (Wildman–Crippen MR) is 70.0 cm³/mol. The summed E-state index contributed by atoms with van der Waals surface area (Å²) in [4.78, 5) is 0. The van der Waals surface area contributed by atoms with E-state index in [1.807, 2.05) is 0 Å². The average Bonchev–Trinajstić information content (AvgIpc) is 2.15. The maximum atomic E-state index is 3.35. The molecule has 0 unspecified atom stereocenters. The Hall–Kier alpha value is -0.300. The van der Waals surface area contributed by atoms with E-state index in [1.54, 1.807) is 0 Å². The summed E-state index contributed by atoms with van der Waals surface area (Å²) in [6, 6.07) is 0. The summed E-state index contributed by atoms with van der Waals surface area (Å²) in [6.45, 7) is 4.30. The van der Waals surface area contributed by atoms with Gasteiger partial charge in [0.2, 0.25) is 0 Å². The van der Waals surface area contributed by atoms with E-state index >= 15 is 0 Å². The van der Waals surface area contributed by atoms with Gasteiger partial charge in [-0.15, -0.1) is 0 Å². The Morgan fingerprint density at radius 3 is 1.86 bits per heavy atom. The van der Waals surface area contributed by atoms with Gasteiger partial charge in [-0.05, 0) is 39.5 Å². The van der Waals surface area contributed by atoms with Crippen molar-refractivity contribution in [3.05, 3.63) is 36.0 Å². The van der Waals surface area contributed by atoms with E-state index in [2.05, 4.69) is 60.2 Å². The molecule has 0 spiro atoms. The molecule has 0 aliphatic rings. The molecule has 0 bridgehead atoms. The highest BCUT2D eigenvalue weighted by Crippen LogP contribution is 2.00. The van der Waals surface area contributed by atoms with E-state index in [-0.39, 0.29) is 0 Å². The second-order valence-corrected chi connectivity index (χ2v) is 4.18. The summed E-state index contributed by atoms with van der Waals surface area (Å²) < 4.78 is 0. The first-order valence-electron chi connectivity index (χ1n) is 5.26. The highest BCUT2D eigenvalue weighted by molar-refractivity contribution is 9.09. The third-order valence-corrected chi connectivity index (χ3v) is 2.18. The number of allylic oxidation sites excluding steroid dienone is 6. The predicted octanol–water partition coefficient (Wildman–Crippen LogP) is 5.02. The van der Waals surface area contributed by atoms with Crippen LogP contribution in [-0.4, -0.2) is 5.33 Å². The van der Waals surface area contributed by atoms with E-state index in [1.165, 1.54) is 24.8 Å². The largest absolute Gasteiger partial charge is 0.0883 e. The molecular weight excluding hydrogens is 236 g/mol. The van der Waals surface area contributed by atoms with Gasteiger partial charge in [-0.3, -0.25) is 0 Å². The van der Waals surface area contributed by atoms with Crippen LogP contribution in [0.5, 0.6) is 0 Å². The number of unbranched alkanes of at least 4 members (excludes halogenated alkanes) is 2. The first kappa shape index (κ1) is 13.7. The molecule has 14 heavy (non-hydrogen) atoms. The number of hydrogen-bond acceptors (Lipinski definition) is 0. The van der Waals surface area contributed by atoms with Crippen molar-refractivity contribution in [3.8, 4) is 0 Å². The first-order chi connectivity index (χ1) is 6.77. The molecule has 1 heteroatoms. The Balaban J connectivity index is 3.28. The van der Waals surface area contributed by atoms with Crippen LogP contribution >= 0.6 is 15.9 Å². The zero-order chi connectivity index (χ0) is 10.6. The third-order valence-electron chi connectivity index (χ3n) is 1.81. The van der Waals surface area contributed by atoms with Crippen molar-refractivity contribution < 1.29 is 0 Å². The molecule has 0 radical (unpaired) electrons. The van der Waals surface area contributed by atoms with Gasteiger partial charge in [-0.2, -0.15) is 0 Å². The number of halogens is 1. The van der Waals surface area contributed by atoms with Crippen molar-refractivity contribution in [2.45, 2.75) is 39.5 Å². The van der Waals surface area contributed by atoms with E-state index < -0.39 is 0 Å². The number of alkyl halides is 1. The van der Waals surface area contributed by atoms with Gasteiger partial charge in [0.25, 0.3) is 0 Å². The van der Waals surface area contributed by atoms with Crippen molar-refractivity contribution in [2.24, 2.45) is 0 Å². The lowest BCUT2D eigenvalue weighted by Gasteiger charge is -1.90. The zero-order valence-electron chi connectivity index (χ0n) is 9.30. The first-order valence-corrected chi connectivity index (χ1v) is 6.39. The number of hydrogen-bond donors (Lipinski definition) is 0. The summed E-state index contributed by atoms with van der Waals surface area (Å²) in [5.41, 5.74) is 1.42. The molecule has 0 fully saturated rings. The molecule has 80 valence electrons. The van der Waals surface area contributed by atoms with Crippen molar-refractivity contribution in [1.29, 1.82) is 0 Å². The molecule has 0 rings (SSSR count). The van der Waals surface area contributed by atoms with Crippen LogP contribution in [0.4, 0.5) is 0 Å². The molecule has 0 saturated heterocycles. The molecule has 0 atom stereocenters. The summed E-state index contributed by atoms with van der Waals surface area (Å²) >= 11 is 3.35. The van der Waals surface area contributed by atoms with Crippen LogP contribution in [0.15, 0.2) is 36.0 Å². The Bertz CT molecular complexity index is 195. The Kier molecular flexibility index (Phi) is 10.5. The van der Waals surface area contributed by atoms with Crippen molar-refractivity contribution >= 4 is 15.9 Å². The molecule has 0 aliphatic carbocycles. The maximum absolute atomic E-state index is 3.35. The smallest absolute Gasteiger partial charge is 0.0212 e. The molecule has 0 N–H and O–H groups in total. The lowest BCUT2D eigenvalue weighted by Crippen LogP contribution is -1.69. The molecule has 0 aromatic carbocycles. The second kappa shape index (κ2) is 10.8. The normalized spacial score (nSPS) is 11.4. The highest BCUT2D eigenvalue weighted by atomic mass is 79.9. The van der Waals surface area contributed by atoms with Gasteiger partial charge in [-0.1, -0.05) is 51.9 Å². The van der Waals surface area contributed by atoms with Crippen LogP contribution in [0, 0.1) is 0 Å². The second-order valence-electron chi connectivity index (χ2n) is 3.53. The van der Waals surface area contributed by atoms with Crippen LogP contribution in [0.2, 0.25) is 0 Å². The quantitative estimate of drug-likeness (QED) is 0.341. The van der Waals surface area contributed by atoms with Crippen LogP contribution in [0.1, 0.15) is 39.5 Å². The van der Waals surface area contributed by atoms with Crippen LogP contribution < -0.4 is 0 Å². The third kappa shape index (κ3) is 11.7. The van der Waals surface area contributed by atoms with Gasteiger partial charge in [0.05, 0.1) is 0 Å². The molecule has 0 aromatic heterocycles. The lowest BCUT2D eigenvalue weighted by molar-refractivity contribution is 0.996. The monoisotopic (exact) mass is 256 g/mol. The molecule has 0 amide bonds. The summed E-state index contributed by atoms with van der Waals surface area (Å²) in [6.07, 6.45) is 15.9. The Labute approximate surface area is 96.9 Å². The molecular formula is C13H21Br. The Morgan fingerprint density at radius 1 is 0.857 bits per heavy atom. The Morgan fingerprint density at radius 2 is 1.36 bits per heavy atom. The van der Waals surface area contributed by atoms with Gasteiger partial charge in [-0.25, -0.2) is 0 Å². The van der Waals surface area contributed by atoms with E-state index in [0.717, 1.165) is 11.8 Å². The van der Waals surface area contributed by atoms with Crippen LogP contribution in [0.25, 0.3) is 0 Å². The van der Waals surface area contributed by atoms with Gasteiger partial charge < -0.3 is 0 Å². The van der Waals surface area contributed by atoms with Gasteiger partial charge >= 0.3 is 0 Å². The number of rotatable bonds is 7. The molecule has 0 aromatic rings. The van der Waals surface area contributed by atoms with Crippen molar-refractivity contribution in [1.82, 2.24) is 0 Å². The van der Waals surface area contributed by atoms with Gasteiger partial charge in [0.15, 0.2) is 0 Å². The van der Waals surface area contributed by atoms with Gasteiger partial charge in [0.1, 0.15) is 0 Å². The SMILES string of the molecule is CC(C)=CCC/C=C/CC/C=C/CBr. The van der Waals surface area contributed by atoms with Crippen molar-refractivity contribution in [2.75, 3.05) is 5.33 Å². The molecule has 0 aliphatic heterocycles. The van der Waals surface area contributed by atoms with Crippen molar-refractivity contribution in [3.63, 3.8) is 0 Å². The minimum atomic E-state index is 0.970. The van der Waals surface area contributed by atoms with Gasteiger partial charge in [0, 0.05) is 5.33 Å². The average molecular weight is 257 g/mol. The van der Waals surface area contributed by atoms with Crippen LogP contribution in [0.3, 0.4) is 0 Å². The van der Waals surface area contributed by atoms with Crippen LogP contribution in [-0.2, 0) is 0 Å². The molecule has 0 saturated carbocycles. The van der Waals surface area contributed by atoms with E-state index in [9.17, 15) is 0 Å². The zero-order valence-corrected chi connectivity index (χ0v) is 10.9. The fourth-order valence-corrected chi connectivity index (χ4v) is 1.34.